The average molecular weight is 546 g/mol. The van der Waals surface area contributed by atoms with Crippen molar-refractivity contribution in [1.29, 1.82) is 0 Å². The van der Waals surface area contributed by atoms with Gasteiger partial charge in [0, 0.05) is 19.2 Å². The lowest BCUT2D eigenvalue weighted by atomic mass is 9.86. The second-order valence-corrected chi connectivity index (χ2v) is 10.2. The summed E-state index contributed by atoms with van der Waals surface area (Å²) in [7, 11) is 1.25. The van der Waals surface area contributed by atoms with Crippen LogP contribution in [0.5, 0.6) is 5.88 Å². The highest BCUT2D eigenvalue weighted by Crippen LogP contribution is 2.33. The van der Waals surface area contributed by atoms with E-state index in [0.717, 1.165) is 48.5 Å². The van der Waals surface area contributed by atoms with Crippen LogP contribution >= 0.6 is 0 Å². The fourth-order valence-electron chi connectivity index (χ4n) is 4.30. The number of rotatable bonds is 9. The van der Waals surface area contributed by atoms with Crippen LogP contribution in [0.1, 0.15) is 68.7 Å². The Morgan fingerprint density at radius 3 is 2.49 bits per heavy atom. The Bertz CT molecular complexity index is 1120. The number of anilines is 1. The maximum absolute atomic E-state index is 14.5. The molecular formula is C25H31F4N3O4S. The fourth-order valence-corrected chi connectivity index (χ4v) is 4.61. The van der Waals surface area contributed by atoms with Crippen LogP contribution in [0.2, 0.25) is 0 Å². The van der Waals surface area contributed by atoms with Crippen molar-refractivity contribution in [3.8, 4) is 5.88 Å². The van der Waals surface area contributed by atoms with Crippen LogP contribution in [0.15, 0.2) is 30.3 Å². The summed E-state index contributed by atoms with van der Waals surface area (Å²) in [6.45, 7) is 3.54. The van der Waals surface area contributed by atoms with Gasteiger partial charge in [-0.2, -0.15) is 13.2 Å². The molecule has 2 aromatic rings. The van der Waals surface area contributed by atoms with E-state index in [9.17, 15) is 26.6 Å². The molecule has 0 radical (unpaired) electrons. The molecule has 1 amide bonds. The van der Waals surface area contributed by atoms with Crippen LogP contribution in [0.4, 0.5) is 23.2 Å². The number of carbonyl (C=O) groups is 1. The molecule has 7 nitrogen and oxygen atoms in total. The second-order valence-electron chi connectivity index (χ2n) is 9.21. The first-order valence-corrected chi connectivity index (χ1v) is 13.1. The van der Waals surface area contributed by atoms with Gasteiger partial charge < -0.3 is 10.1 Å². The van der Waals surface area contributed by atoms with Gasteiger partial charge >= 0.3 is 6.18 Å². The minimum Gasteiger partial charge on any atom is -0.474 e. The van der Waals surface area contributed by atoms with Gasteiger partial charge in [0.2, 0.25) is 11.8 Å². The second kappa shape index (κ2) is 12.2. The van der Waals surface area contributed by atoms with Crippen LogP contribution in [0.3, 0.4) is 0 Å². The smallest absolute Gasteiger partial charge is 0.433 e. The Labute approximate surface area is 216 Å². The Hall–Kier alpha value is -2.73. The van der Waals surface area contributed by atoms with Crippen molar-refractivity contribution < 1.29 is 35.9 Å². The first-order chi connectivity index (χ1) is 17.4. The first kappa shape index (κ1) is 28.8. The summed E-state index contributed by atoms with van der Waals surface area (Å²) in [6, 6.07) is 5.95. The average Bonchev–Trinajstić information content (AvgIpc) is 2.86. The number of amides is 1. The third-order valence-corrected chi connectivity index (χ3v) is 7.44. The summed E-state index contributed by atoms with van der Waals surface area (Å²) in [5, 5.41) is 2.66. The highest BCUT2D eigenvalue weighted by molar-refractivity contribution is 7.80. The number of halogens is 4. The highest BCUT2D eigenvalue weighted by Gasteiger charge is 2.34. The zero-order chi connectivity index (χ0) is 27.3. The molecule has 0 spiro atoms. The molecule has 1 aliphatic carbocycles. The molecule has 1 saturated carbocycles. The molecule has 204 valence electrons. The van der Waals surface area contributed by atoms with Crippen molar-refractivity contribution in [3.63, 3.8) is 0 Å². The van der Waals surface area contributed by atoms with Gasteiger partial charge in [-0.15, -0.1) is 0 Å². The molecule has 1 fully saturated rings. The van der Waals surface area contributed by atoms with Crippen molar-refractivity contribution in [2.75, 3.05) is 11.4 Å². The summed E-state index contributed by atoms with van der Waals surface area (Å²) in [5.74, 6) is -1.63. The Morgan fingerprint density at radius 2 is 1.92 bits per heavy atom. The number of carbonyl (C=O) groups excluding carboxylic acids is 1. The molecule has 2 unspecified atom stereocenters. The molecule has 0 saturated heterocycles. The SMILES string of the molecule is CCC1CCC(Oc2nc(C(F)(F)F)ccc2CNC(=O)C(C)c2ccc(N(C)S(=O)O)c(F)c2)CC1. The van der Waals surface area contributed by atoms with E-state index in [4.69, 9.17) is 9.29 Å². The third kappa shape index (κ3) is 7.41. The topological polar surface area (TPSA) is 91.8 Å². The predicted molar refractivity (Wildman–Crippen MR) is 132 cm³/mol. The van der Waals surface area contributed by atoms with E-state index < -0.39 is 40.8 Å². The molecule has 1 aliphatic rings. The lowest BCUT2D eigenvalue weighted by Gasteiger charge is -2.28. The number of nitrogens with one attached hydrogen (secondary N) is 1. The summed E-state index contributed by atoms with van der Waals surface area (Å²) in [5.41, 5.74) is -0.550. The van der Waals surface area contributed by atoms with Gasteiger partial charge in [-0.25, -0.2) is 13.6 Å². The van der Waals surface area contributed by atoms with Crippen molar-refractivity contribution in [3.05, 3.63) is 53.0 Å². The van der Waals surface area contributed by atoms with Gasteiger partial charge in [-0.1, -0.05) is 19.4 Å². The number of nitrogens with zero attached hydrogens (tertiary/aromatic N) is 2. The van der Waals surface area contributed by atoms with E-state index in [1.54, 1.807) is 6.92 Å². The summed E-state index contributed by atoms with van der Waals surface area (Å²) < 4.78 is 81.4. The van der Waals surface area contributed by atoms with Crippen LogP contribution in [0, 0.1) is 11.7 Å². The van der Waals surface area contributed by atoms with Crippen LogP contribution < -0.4 is 14.4 Å². The van der Waals surface area contributed by atoms with Crippen LogP contribution in [0.25, 0.3) is 0 Å². The number of benzene rings is 1. The normalized spacial score (nSPS) is 19.7. The van der Waals surface area contributed by atoms with Gasteiger partial charge in [-0.3, -0.25) is 13.7 Å². The molecule has 2 atom stereocenters. The van der Waals surface area contributed by atoms with Gasteiger partial charge in [0.05, 0.1) is 11.6 Å². The first-order valence-electron chi connectivity index (χ1n) is 12.1. The molecular weight excluding hydrogens is 514 g/mol. The zero-order valence-electron chi connectivity index (χ0n) is 20.8. The number of pyridine rings is 1. The number of aromatic nitrogens is 1. The number of ether oxygens (including phenoxy) is 1. The predicted octanol–water partition coefficient (Wildman–Crippen LogP) is 5.58. The monoisotopic (exact) mass is 545 g/mol. The molecule has 1 heterocycles. The van der Waals surface area contributed by atoms with Crippen molar-refractivity contribution in [2.24, 2.45) is 5.92 Å². The highest BCUT2D eigenvalue weighted by atomic mass is 32.2. The summed E-state index contributed by atoms with van der Waals surface area (Å²) in [6.07, 6.45) is -0.526. The van der Waals surface area contributed by atoms with Crippen LogP contribution in [-0.2, 0) is 28.8 Å². The largest absolute Gasteiger partial charge is 0.474 e. The van der Waals surface area contributed by atoms with Gasteiger partial charge in [0.15, 0.2) is 0 Å². The minimum atomic E-state index is -4.64. The molecule has 0 bridgehead atoms. The fraction of sp³-hybridized carbons (Fsp3) is 0.520. The van der Waals surface area contributed by atoms with Crippen molar-refractivity contribution >= 4 is 22.9 Å². The maximum Gasteiger partial charge on any atom is 0.433 e. The molecule has 12 heteroatoms. The Morgan fingerprint density at radius 1 is 1.24 bits per heavy atom. The standard InChI is InChI=1S/C25H31F4N3O4S/c1-4-16-5-9-19(10-6-16)36-24-18(8-12-22(31-24)25(27,28)29)14-30-23(33)15(2)17-7-11-21(20(26)13-17)32(3)37(34)35/h7-8,11-13,15-16,19H,4-6,9-10,14H2,1-3H3,(H,30,33)(H,34,35). The molecule has 3 rings (SSSR count). The van der Waals surface area contributed by atoms with Gasteiger partial charge in [0.1, 0.15) is 17.6 Å². The summed E-state index contributed by atoms with van der Waals surface area (Å²) in [4.78, 5) is 16.5. The van der Waals surface area contributed by atoms with E-state index in [1.165, 1.54) is 25.2 Å². The quantitative estimate of drug-likeness (QED) is 0.317. The van der Waals surface area contributed by atoms with E-state index in [1.807, 2.05) is 0 Å². The van der Waals surface area contributed by atoms with Gasteiger partial charge in [-0.05, 0) is 68.4 Å². The lowest BCUT2D eigenvalue weighted by molar-refractivity contribution is -0.141. The number of hydrogen-bond donors (Lipinski definition) is 2. The van der Waals surface area contributed by atoms with Crippen molar-refractivity contribution in [1.82, 2.24) is 10.3 Å². The Kier molecular flexibility index (Phi) is 9.51. The number of alkyl halides is 3. The molecule has 0 aliphatic heterocycles. The Balaban J connectivity index is 1.72. The zero-order valence-corrected chi connectivity index (χ0v) is 21.7. The van der Waals surface area contributed by atoms with Crippen LogP contribution in [-0.4, -0.2) is 32.8 Å². The number of hydrogen-bond acceptors (Lipinski definition) is 4. The van der Waals surface area contributed by atoms with E-state index >= 15 is 0 Å². The third-order valence-electron chi connectivity index (χ3n) is 6.77. The van der Waals surface area contributed by atoms with Crippen molar-refractivity contribution in [2.45, 2.75) is 70.7 Å². The molecule has 37 heavy (non-hydrogen) atoms. The molecule has 2 N–H and O–H groups in total. The minimum absolute atomic E-state index is 0.109. The summed E-state index contributed by atoms with van der Waals surface area (Å²) >= 11 is -2.41. The maximum atomic E-state index is 14.5. The van der Waals surface area contributed by atoms with Gasteiger partial charge in [0.25, 0.3) is 11.3 Å². The molecule has 1 aromatic heterocycles. The van der Waals surface area contributed by atoms with E-state index in [0.29, 0.717) is 17.0 Å². The van der Waals surface area contributed by atoms with E-state index in [2.05, 4.69) is 17.2 Å². The molecule has 1 aromatic carbocycles. The van der Waals surface area contributed by atoms with E-state index in [-0.39, 0.29) is 24.2 Å². The lowest BCUT2D eigenvalue weighted by Crippen LogP contribution is -2.29.